The van der Waals surface area contributed by atoms with E-state index in [2.05, 4.69) is 0 Å². The lowest BCUT2D eigenvalue weighted by Gasteiger charge is -2.18. The molecule has 25 heavy (non-hydrogen) atoms. The van der Waals surface area contributed by atoms with Gasteiger partial charge < -0.3 is 28.8 Å². The molecule has 0 fully saturated rings. The Kier molecular flexibility index (Phi) is 5.59. The van der Waals surface area contributed by atoms with Crippen LogP contribution >= 0.6 is 0 Å². The molecule has 0 amide bonds. The Morgan fingerprint density at radius 2 is 1.36 bits per heavy atom. The van der Waals surface area contributed by atoms with Crippen molar-refractivity contribution in [2.45, 2.75) is 0 Å². The fourth-order valence-corrected chi connectivity index (χ4v) is 2.59. The van der Waals surface area contributed by atoms with Crippen molar-refractivity contribution in [1.29, 1.82) is 0 Å². The maximum Gasteiger partial charge on any atom is 0.339 e. The van der Waals surface area contributed by atoms with Gasteiger partial charge in [0, 0.05) is 5.56 Å². The molecule has 7 nitrogen and oxygen atoms in total. The van der Waals surface area contributed by atoms with E-state index in [1.807, 2.05) is 0 Å². The zero-order valence-electron chi connectivity index (χ0n) is 14.7. The van der Waals surface area contributed by atoms with Crippen LogP contribution in [-0.4, -0.2) is 46.6 Å². The number of aromatic carboxylic acids is 1. The van der Waals surface area contributed by atoms with Gasteiger partial charge in [0.25, 0.3) is 0 Å². The Labute approximate surface area is 145 Å². The molecular formula is C18H20O7. The van der Waals surface area contributed by atoms with Gasteiger partial charge in [0.2, 0.25) is 5.75 Å². The van der Waals surface area contributed by atoms with Gasteiger partial charge in [-0.05, 0) is 23.8 Å². The minimum atomic E-state index is -1.14. The van der Waals surface area contributed by atoms with E-state index in [4.69, 9.17) is 23.7 Å². The molecule has 2 aromatic rings. The zero-order valence-corrected chi connectivity index (χ0v) is 14.7. The summed E-state index contributed by atoms with van der Waals surface area (Å²) in [6.07, 6.45) is 0. The summed E-state index contributed by atoms with van der Waals surface area (Å²) >= 11 is 0. The predicted octanol–water partition coefficient (Wildman–Crippen LogP) is 3.09. The quantitative estimate of drug-likeness (QED) is 0.823. The number of benzene rings is 2. The molecule has 0 saturated heterocycles. The third kappa shape index (κ3) is 3.26. The zero-order chi connectivity index (χ0) is 18.6. The first-order valence-corrected chi connectivity index (χ1v) is 7.30. The summed E-state index contributed by atoms with van der Waals surface area (Å²) in [6, 6.07) is 6.71. The minimum Gasteiger partial charge on any atom is -0.493 e. The monoisotopic (exact) mass is 348 g/mol. The van der Waals surface area contributed by atoms with E-state index < -0.39 is 5.97 Å². The summed E-state index contributed by atoms with van der Waals surface area (Å²) in [4.78, 5) is 11.6. The number of methoxy groups -OCH3 is 5. The second-order valence-electron chi connectivity index (χ2n) is 4.95. The number of carboxylic acid groups (broad SMARTS) is 1. The van der Waals surface area contributed by atoms with Crippen LogP contribution in [0.4, 0.5) is 0 Å². The predicted molar refractivity (Wildman–Crippen MR) is 91.6 cm³/mol. The van der Waals surface area contributed by atoms with Crippen molar-refractivity contribution in [3.05, 3.63) is 29.8 Å². The number of hydrogen-bond donors (Lipinski definition) is 1. The number of ether oxygens (including phenoxy) is 5. The van der Waals surface area contributed by atoms with Gasteiger partial charge in [0.1, 0.15) is 5.56 Å². The molecule has 1 N–H and O–H groups in total. The first kappa shape index (κ1) is 18.3. The number of carbonyl (C=O) groups is 1. The molecule has 2 aromatic carbocycles. The fourth-order valence-electron chi connectivity index (χ4n) is 2.59. The summed E-state index contributed by atoms with van der Waals surface area (Å²) in [6.45, 7) is 0. The van der Waals surface area contributed by atoms with Gasteiger partial charge in [0.05, 0.1) is 35.5 Å². The first-order valence-electron chi connectivity index (χ1n) is 7.30. The summed E-state index contributed by atoms with van der Waals surface area (Å²) in [5, 5.41) is 9.51. The molecule has 0 aromatic heterocycles. The van der Waals surface area contributed by atoms with E-state index in [-0.39, 0.29) is 17.1 Å². The Morgan fingerprint density at radius 3 is 1.84 bits per heavy atom. The summed E-state index contributed by atoms with van der Waals surface area (Å²) < 4.78 is 26.6. The summed E-state index contributed by atoms with van der Waals surface area (Å²) in [5.41, 5.74) is 1.17. The van der Waals surface area contributed by atoms with Crippen LogP contribution < -0.4 is 23.7 Å². The fraction of sp³-hybridized carbons (Fsp3) is 0.278. The maximum atomic E-state index is 11.6. The van der Waals surface area contributed by atoms with E-state index in [0.717, 1.165) is 0 Å². The molecule has 0 bridgehead atoms. The molecule has 0 unspecified atom stereocenters. The Morgan fingerprint density at radius 1 is 0.760 bits per heavy atom. The van der Waals surface area contributed by atoms with E-state index in [1.54, 1.807) is 18.2 Å². The Balaban J connectivity index is 2.80. The molecule has 0 saturated carbocycles. The number of rotatable bonds is 7. The van der Waals surface area contributed by atoms with Crippen LogP contribution in [0.15, 0.2) is 24.3 Å². The van der Waals surface area contributed by atoms with Crippen LogP contribution in [0, 0.1) is 0 Å². The van der Waals surface area contributed by atoms with Crippen LogP contribution in [0.25, 0.3) is 11.1 Å². The topological polar surface area (TPSA) is 83.5 Å². The summed E-state index contributed by atoms with van der Waals surface area (Å²) in [7, 11) is 7.33. The highest BCUT2D eigenvalue weighted by molar-refractivity contribution is 5.96. The van der Waals surface area contributed by atoms with Gasteiger partial charge in [-0.2, -0.15) is 0 Å². The lowest BCUT2D eigenvalue weighted by Crippen LogP contribution is -2.05. The molecule has 2 rings (SSSR count). The van der Waals surface area contributed by atoms with Gasteiger partial charge >= 0.3 is 5.97 Å². The lowest BCUT2D eigenvalue weighted by molar-refractivity contribution is 0.0692. The Bertz CT molecular complexity index is 783. The van der Waals surface area contributed by atoms with E-state index in [1.165, 1.54) is 41.6 Å². The molecule has 0 aliphatic carbocycles. The average Bonchev–Trinajstić information content (AvgIpc) is 2.65. The molecule has 0 heterocycles. The SMILES string of the molecule is COc1ccc(-c2cc(C(=O)O)c(OC)c(OC)c2OC)cc1OC. The molecule has 0 aliphatic rings. The third-order valence-corrected chi connectivity index (χ3v) is 3.73. The molecule has 7 heteroatoms. The van der Waals surface area contributed by atoms with Gasteiger partial charge in [0.15, 0.2) is 23.0 Å². The second kappa shape index (κ2) is 7.65. The second-order valence-corrected chi connectivity index (χ2v) is 4.95. The maximum absolute atomic E-state index is 11.6. The van der Waals surface area contributed by atoms with Crippen LogP contribution in [0.2, 0.25) is 0 Å². The molecule has 0 aliphatic heterocycles. The largest absolute Gasteiger partial charge is 0.493 e. The van der Waals surface area contributed by atoms with Crippen molar-refractivity contribution in [3.8, 4) is 39.9 Å². The van der Waals surface area contributed by atoms with Gasteiger partial charge in [-0.25, -0.2) is 4.79 Å². The van der Waals surface area contributed by atoms with Crippen molar-refractivity contribution in [2.75, 3.05) is 35.5 Å². The first-order chi connectivity index (χ1) is 12.0. The van der Waals surface area contributed by atoms with Gasteiger partial charge in [-0.1, -0.05) is 6.07 Å². The van der Waals surface area contributed by atoms with Crippen molar-refractivity contribution in [1.82, 2.24) is 0 Å². The molecule has 0 atom stereocenters. The minimum absolute atomic E-state index is 0.0371. The van der Waals surface area contributed by atoms with Gasteiger partial charge in [-0.3, -0.25) is 0 Å². The van der Waals surface area contributed by atoms with Crippen LogP contribution in [-0.2, 0) is 0 Å². The van der Waals surface area contributed by atoms with Crippen molar-refractivity contribution in [2.24, 2.45) is 0 Å². The van der Waals surface area contributed by atoms with Crippen LogP contribution in [0.1, 0.15) is 10.4 Å². The van der Waals surface area contributed by atoms with Crippen LogP contribution in [0.5, 0.6) is 28.7 Å². The standard InChI is InChI=1S/C18H20O7/c1-21-13-7-6-10(8-14(13)22-2)11-9-12(18(19)20)16(24-4)17(25-5)15(11)23-3/h6-9H,1-5H3,(H,19,20). The van der Waals surface area contributed by atoms with Gasteiger partial charge in [-0.15, -0.1) is 0 Å². The number of hydrogen-bond acceptors (Lipinski definition) is 6. The van der Waals surface area contributed by atoms with E-state index in [0.29, 0.717) is 28.4 Å². The average molecular weight is 348 g/mol. The van der Waals surface area contributed by atoms with E-state index in [9.17, 15) is 9.90 Å². The number of carboxylic acids is 1. The summed E-state index contributed by atoms with van der Waals surface area (Å²) in [5.74, 6) is 0.583. The Hall–Kier alpha value is -3.09. The van der Waals surface area contributed by atoms with Crippen molar-refractivity contribution >= 4 is 5.97 Å². The molecule has 0 radical (unpaired) electrons. The highest BCUT2D eigenvalue weighted by Gasteiger charge is 2.25. The highest BCUT2D eigenvalue weighted by atomic mass is 16.5. The third-order valence-electron chi connectivity index (χ3n) is 3.73. The van der Waals surface area contributed by atoms with Crippen molar-refractivity contribution < 1.29 is 33.6 Å². The molecule has 134 valence electrons. The van der Waals surface area contributed by atoms with Crippen LogP contribution in [0.3, 0.4) is 0 Å². The van der Waals surface area contributed by atoms with E-state index >= 15 is 0 Å². The lowest BCUT2D eigenvalue weighted by atomic mass is 9.99. The molecular weight excluding hydrogens is 328 g/mol. The normalized spacial score (nSPS) is 10.1. The smallest absolute Gasteiger partial charge is 0.339 e. The van der Waals surface area contributed by atoms with Crippen molar-refractivity contribution in [3.63, 3.8) is 0 Å². The molecule has 0 spiro atoms. The highest BCUT2D eigenvalue weighted by Crippen LogP contribution is 2.47.